The van der Waals surface area contributed by atoms with E-state index < -0.39 is 0 Å². The third kappa shape index (κ3) is 1.08. The molecule has 0 saturated heterocycles. The van der Waals surface area contributed by atoms with E-state index in [0.29, 0.717) is 16.0 Å². The van der Waals surface area contributed by atoms with Gasteiger partial charge in [-0.2, -0.15) is 0 Å². The first kappa shape index (κ1) is 8.49. The molecule has 0 aliphatic carbocycles. The third-order valence-corrected chi connectivity index (χ3v) is 3.22. The number of hydrogen-bond acceptors (Lipinski definition) is 4. The average molecular weight is 217 g/mol. The van der Waals surface area contributed by atoms with Gasteiger partial charge in [-0.15, -0.1) is 11.3 Å². The van der Waals surface area contributed by atoms with Gasteiger partial charge in [0.25, 0.3) is 0 Å². The van der Waals surface area contributed by atoms with Crippen LogP contribution in [0.1, 0.15) is 0 Å². The fourth-order valence-electron chi connectivity index (χ4n) is 1.71. The normalized spacial score (nSPS) is 11.2. The summed E-state index contributed by atoms with van der Waals surface area (Å²) in [5.74, 6) is 0. The van der Waals surface area contributed by atoms with Crippen molar-refractivity contribution in [3.05, 3.63) is 40.1 Å². The summed E-state index contributed by atoms with van der Waals surface area (Å²) >= 11 is 1.36. The van der Waals surface area contributed by atoms with E-state index in [9.17, 15) is 4.79 Å². The van der Waals surface area contributed by atoms with Crippen LogP contribution in [0.15, 0.2) is 38.9 Å². The molecule has 0 aliphatic rings. The summed E-state index contributed by atoms with van der Waals surface area (Å²) in [6, 6.07) is 7.46. The molecule has 0 spiro atoms. The van der Waals surface area contributed by atoms with Crippen LogP contribution in [0.3, 0.4) is 0 Å². The van der Waals surface area contributed by atoms with Gasteiger partial charge >= 0.3 is 5.63 Å². The predicted molar refractivity (Wildman–Crippen MR) is 62.3 cm³/mol. The Morgan fingerprint density at radius 2 is 2.00 bits per heavy atom. The van der Waals surface area contributed by atoms with E-state index >= 15 is 0 Å². The largest absolute Gasteiger partial charge is 0.422 e. The second-order valence-corrected chi connectivity index (χ2v) is 4.19. The zero-order valence-corrected chi connectivity index (χ0v) is 8.51. The van der Waals surface area contributed by atoms with E-state index in [1.807, 2.05) is 23.6 Å². The number of anilines is 1. The van der Waals surface area contributed by atoms with Gasteiger partial charge in [-0.25, -0.2) is 4.79 Å². The molecule has 0 amide bonds. The molecule has 0 aliphatic heterocycles. The van der Waals surface area contributed by atoms with Crippen LogP contribution in [0, 0.1) is 0 Å². The van der Waals surface area contributed by atoms with Gasteiger partial charge in [0.15, 0.2) is 0 Å². The van der Waals surface area contributed by atoms with E-state index in [2.05, 4.69) is 0 Å². The summed E-state index contributed by atoms with van der Waals surface area (Å²) in [5, 5.41) is 4.72. The SMILES string of the molecule is Nc1scc2c1c(=O)oc1ccccc12. The number of fused-ring (bicyclic) bond motifs is 3. The van der Waals surface area contributed by atoms with Crippen molar-refractivity contribution in [2.75, 3.05) is 5.73 Å². The Bertz CT molecular complexity index is 711. The highest BCUT2D eigenvalue weighted by molar-refractivity contribution is 7.16. The molecule has 15 heavy (non-hydrogen) atoms. The highest BCUT2D eigenvalue weighted by atomic mass is 32.1. The molecule has 1 aromatic carbocycles. The van der Waals surface area contributed by atoms with Crippen LogP contribution in [0.25, 0.3) is 21.7 Å². The Kier molecular flexibility index (Phi) is 1.61. The molecular weight excluding hydrogens is 210 g/mol. The number of thiophene rings is 1. The Hall–Kier alpha value is -1.81. The molecule has 2 aromatic heterocycles. The van der Waals surface area contributed by atoms with Crippen LogP contribution in [0.4, 0.5) is 5.00 Å². The van der Waals surface area contributed by atoms with Crippen molar-refractivity contribution in [3.8, 4) is 0 Å². The first-order valence-electron chi connectivity index (χ1n) is 4.46. The minimum absolute atomic E-state index is 0.359. The fraction of sp³-hybridized carbons (Fsp3) is 0. The molecule has 2 N–H and O–H groups in total. The molecule has 4 heteroatoms. The Morgan fingerprint density at radius 3 is 2.87 bits per heavy atom. The molecule has 0 radical (unpaired) electrons. The van der Waals surface area contributed by atoms with Crippen molar-refractivity contribution < 1.29 is 4.42 Å². The van der Waals surface area contributed by atoms with Crippen molar-refractivity contribution >= 4 is 38.1 Å². The topological polar surface area (TPSA) is 56.2 Å². The van der Waals surface area contributed by atoms with Crippen LogP contribution >= 0.6 is 11.3 Å². The van der Waals surface area contributed by atoms with Crippen LogP contribution in [-0.2, 0) is 0 Å². The second kappa shape index (κ2) is 2.84. The fourth-order valence-corrected chi connectivity index (χ4v) is 2.51. The molecule has 3 rings (SSSR count). The maximum atomic E-state index is 11.6. The summed E-state index contributed by atoms with van der Waals surface area (Å²) in [5.41, 5.74) is 5.97. The number of hydrogen-bond donors (Lipinski definition) is 1. The zero-order chi connectivity index (χ0) is 10.4. The average Bonchev–Trinajstić information content (AvgIpc) is 2.62. The van der Waals surface area contributed by atoms with Crippen molar-refractivity contribution in [1.82, 2.24) is 0 Å². The van der Waals surface area contributed by atoms with E-state index in [-0.39, 0.29) is 5.63 Å². The quantitative estimate of drug-likeness (QED) is 0.589. The number of nitrogen functional groups attached to an aromatic ring is 1. The molecule has 0 fully saturated rings. The van der Waals surface area contributed by atoms with Crippen molar-refractivity contribution in [2.24, 2.45) is 0 Å². The van der Waals surface area contributed by atoms with Crippen LogP contribution < -0.4 is 11.4 Å². The van der Waals surface area contributed by atoms with Gasteiger partial charge in [-0.05, 0) is 6.07 Å². The molecule has 3 aromatic rings. The monoisotopic (exact) mass is 217 g/mol. The molecular formula is C11H7NO2S. The Labute approximate surface area is 88.7 Å². The van der Waals surface area contributed by atoms with Crippen molar-refractivity contribution in [1.29, 1.82) is 0 Å². The number of nitrogens with two attached hydrogens (primary N) is 1. The van der Waals surface area contributed by atoms with Crippen molar-refractivity contribution in [3.63, 3.8) is 0 Å². The van der Waals surface area contributed by atoms with Gasteiger partial charge in [0.2, 0.25) is 0 Å². The minimum atomic E-state index is -0.359. The van der Waals surface area contributed by atoms with Crippen LogP contribution in [-0.4, -0.2) is 0 Å². The van der Waals surface area contributed by atoms with Crippen LogP contribution in [0.5, 0.6) is 0 Å². The molecule has 0 atom stereocenters. The van der Waals surface area contributed by atoms with Crippen molar-refractivity contribution in [2.45, 2.75) is 0 Å². The molecule has 0 bridgehead atoms. The van der Waals surface area contributed by atoms with Gasteiger partial charge in [0, 0.05) is 16.2 Å². The lowest BCUT2D eigenvalue weighted by Crippen LogP contribution is -2.00. The molecule has 0 saturated carbocycles. The van der Waals surface area contributed by atoms with Gasteiger partial charge in [0.05, 0.1) is 0 Å². The second-order valence-electron chi connectivity index (χ2n) is 3.27. The lowest BCUT2D eigenvalue weighted by atomic mass is 10.1. The Balaban J connectivity index is 2.71. The van der Waals surface area contributed by atoms with Gasteiger partial charge in [0.1, 0.15) is 16.0 Å². The van der Waals surface area contributed by atoms with E-state index in [1.54, 1.807) is 6.07 Å². The summed E-state index contributed by atoms with van der Waals surface area (Å²) in [6.45, 7) is 0. The lowest BCUT2D eigenvalue weighted by Gasteiger charge is -1.97. The summed E-state index contributed by atoms with van der Waals surface area (Å²) < 4.78 is 5.19. The van der Waals surface area contributed by atoms with E-state index in [4.69, 9.17) is 10.2 Å². The summed E-state index contributed by atoms with van der Waals surface area (Å²) in [4.78, 5) is 11.6. The third-order valence-electron chi connectivity index (χ3n) is 2.40. The molecule has 3 nitrogen and oxygen atoms in total. The van der Waals surface area contributed by atoms with Gasteiger partial charge < -0.3 is 10.2 Å². The van der Waals surface area contributed by atoms with Crippen LogP contribution in [0.2, 0.25) is 0 Å². The predicted octanol–water partition coefficient (Wildman–Crippen LogP) is 2.59. The maximum Gasteiger partial charge on any atom is 0.347 e. The number of benzene rings is 1. The lowest BCUT2D eigenvalue weighted by molar-refractivity contribution is 0.570. The van der Waals surface area contributed by atoms with E-state index in [0.717, 1.165) is 10.8 Å². The Morgan fingerprint density at radius 1 is 1.20 bits per heavy atom. The van der Waals surface area contributed by atoms with E-state index in [1.165, 1.54) is 11.3 Å². The van der Waals surface area contributed by atoms with Gasteiger partial charge in [-0.1, -0.05) is 18.2 Å². The summed E-state index contributed by atoms with van der Waals surface area (Å²) in [6.07, 6.45) is 0. The smallest absolute Gasteiger partial charge is 0.347 e. The van der Waals surface area contributed by atoms with Gasteiger partial charge in [-0.3, -0.25) is 0 Å². The first-order valence-corrected chi connectivity index (χ1v) is 5.34. The maximum absolute atomic E-state index is 11.6. The first-order chi connectivity index (χ1) is 7.27. The standard InChI is InChI=1S/C11H7NO2S/c12-10-9-7(5-15-10)6-3-1-2-4-8(6)14-11(9)13/h1-5H,12H2. The highest BCUT2D eigenvalue weighted by Gasteiger charge is 2.10. The minimum Gasteiger partial charge on any atom is -0.422 e. The number of rotatable bonds is 0. The molecule has 74 valence electrons. The number of para-hydroxylation sites is 1. The molecule has 0 unspecified atom stereocenters. The zero-order valence-electron chi connectivity index (χ0n) is 7.69. The summed E-state index contributed by atoms with van der Waals surface area (Å²) in [7, 11) is 0. The molecule has 2 heterocycles. The highest BCUT2D eigenvalue weighted by Crippen LogP contribution is 2.30.